The van der Waals surface area contributed by atoms with E-state index < -0.39 is 6.04 Å². The summed E-state index contributed by atoms with van der Waals surface area (Å²) in [5.74, 6) is -0.00513. The van der Waals surface area contributed by atoms with Gasteiger partial charge in [0, 0.05) is 16.7 Å². The number of nitrogens with one attached hydrogen (secondary N) is 2. The second-order valence-corrected chi connectivity index (χ2v) is 8.07. The van der Waals surface area contributed by atoms with Crippen molar-refractivity contribution in [2.75, 3.05) is 25.5 Å². The lowest BCUT2D eigenvalue weighted by Gasteiger charge is -2.24. The molecule has 6 heteroatoms. The number of benzene rings is 2. The molecule has 150 valence electrons. The Morgan fingerprint density at radius 1 is 1.11 bits per heavy atom. The number of likely N-dealkylation sites (N-methyl/N-ethyl adjacent to an activating group) is 1. The Bertz CT molecular complexity index is 811. The quantitative estimate of drug-likeness (QED) is 0.646. The Morgan fingerprint density at radius 3 is 2.43 bits per heavy atom. The molecule has 0 spiro atoms. The van der Waals surface area contributed by atoms with Gasteiger partial charge >= 0.3 is 0 Å². The number of aryl methyl sites for hydroxylation is 1. The van der Waals surface area contributed by atoms with Crippen LogP contribution in [0.5, 0.6) is 0 Å². The van der Waals surface area contributed by atoms with Gasteiger partial charge in [-0.25, -0.2) is 0 Å². The highest BCUT2D eigenvalue weighted by Crippen LogP contribution is 2.20. The van der Waals surface area contributed by atoms with E-state index in [1.54, 1.807) is 18.9 Å². The second-order valence-electron chi connectivity index (χ2n) is 7.16. The van der Waals surface area contributed by atoms with Gasteiger partial charge in [-0.1, -0.05) is 53.2 Å². The normalized spacial score (nSPS) is 13.1. The summed E-state index contributed by atoms with van der Waals surface area (Å²) < 4.78 is 0.968. The summed E-state index contributed by atoms with van der Waals surface area (Å²) >= 11 is 3.41. The monoisotopic (exact) mass is 445 g/mol. The van der Waals surface area contributed by atoms with E-state index in [9.17, 15) is 9.59 Å². The van der Waals surface area contributed by atoms with Crippen molar-refractivity contribution in [1.29, 1.82) is 0 Å². The fraction of sp³-hybridized carbons (Fsp3) is 0.364. The van der Waals surface area contributed by atoms with Crippen molar-refractivity contribution in [2.24, 2.45) is 0 Å². The first-order valence-electron chi connectivity index (χ1n) is 9.36. The van der Waals surface area contributed by atoms with Crippen LogP contribution in [-0.4, -0.2) is 42.9 Å². The summed E-state index contributed by atoms with van der Waals surface area (Å²) in [5, 5.41) is 5.88. The van der Waals surface area contributed by atoms with Crippen molar-refractivity contribution in [1.82, 2.24) is 10.2 Å². The summed E-state index contributed by atoms with van der Waals surface area (Å²) in [6.07, 6.45) is 0. The molecule has 2 rings (SSSR count). The summed E-state index contributed by atoms with van der Waals surface area (Å²) in [6, 6.07) is 15.4. The zero-order valence-corrected chi connectivity index (χ0v) is 18.4. The van der Waals surface area contributed by atoms with Gasteiger partial charge in [0.2, 0.25) is 11.8 Å². The van der Waals surface area contributed by atoms with Crippen LogP contribution in [0.1, 0.15) is 30.9 Å². The van der Waals surface area contributed by atoms with Gasteiger partial charge in [-0.3, -0.25) is 14.5 Å². The Labute approximate surface area is 175 Å². The molecule has 2 unspecified atom stereocenters. The molecule has 0 saturated heterocycles. The van der Waals surface area contributed by atoms with Gasteiger partial charge < -0.3 is 10.6 Å². The molecule has 0 aliphatic rings. The maximum atomic E-state index is 12.5. The number of nitrogens with zero attached hydrogens (tertiary/aromatic N) is 1. The first-order chi connectivity index (χ1) is 13.3. The standard InChI is InChI=1S/C22H28BrN3O2/c1-15-12-19(23)10-11-20(15)25-21(27)14-26(4)17(3)22(28)24-13-16(2)18-8-6-5-7-9-18/h5-12,16-17H,13-14H2,1-4H3,(H,24,28)(H,25,27). The lowest BCUT2D eigenvalue weighted by atomic mass is 10.0. The van der Waals surface area contributed by atoms with Gasteiger partial charge in [0.1, 0.15) is 0 Å². The molecule has 5 nitrogen and oxygen atoms in total. The van der Waals surface area contributed by atoms with Gasteiger partial charge in [-0.05, 0) is 56.1 Å². The molecule has 2 N–H and O–H groups in total. The molecule has 0 bridgehead atoms. The first kappa shape index (κ1) is 22.1. The molecule has 0 aliphatic heterocycles. The van der Waals surface area contributed by atoms with Crippen molar-refractivity contribution in [3.63, 3.8) is 0 Å². The Hall–Kier alpha value is -2.18. The van der Waals surface area contributed by atoms with E-state index in [0.29, 0.717) is 6.54 Å². The van der Waals surface area contributed by atoms with Crippen LogP contribution in [0.2, 0.25) is 0 Å². The molecule has 2 atom stereocenters. The number of carbonyl (C=O) groups excluding carboxylic acids is 2. The number of hydrogen-bond acceptors (Lipinski definition) is 3. The number of halogens is 1. The summed E-state index contributed by atoms with van der Waals surface area (Å²) in [4.78, 5) is 26.5. The van der Waals surface area contributed by atoms with E-state index in [1.165, 1.54) is 5.56 Å². The van der Waals surface area contributed by atoms with Crippen LogP contribution in [0.4, 0.5) is 5.69 Å². The highest BCUT2D eigenvalue weighted by Gasteiger charge is 2.21. The van der Waals surface area contributed by atoms with E-state index in [4.69, 9.17) is 0 Å². The fourth-order valence-corrected chi connectivity index (χ4v) is 3.30. The Balaban J connectivity index is 1.82. The largest absolute Gasteiger partial charge is 0.354 e. The Morgan fingerprint density at radius 2 is 1.79 bits per heavy atom. The van der Waals surface area contributed by atoms with Gasteiger partial charge in [-0.15, -0.1) is 0 Å². The van der Waals surface area contributed by atoms with E-state index in [0.717, 1.165) is 15.7 Å². The number of rotatable bonds is 8. The van der Waals surface area contributed by atoms with Crippen LogP contribution < -0.4 is 10.6 Å². The number of anilines is 1. The van der Waals surface area contributed by atoms with Gasteiger partial charge in [0.05, 0.1) is 12.6 Å². The van der Waals surface area contributed by atoms with Crippen LogP contribution in [0.25, 0.3) is 0 Å². The molecule has 0 aromatic heterocycles. The number of hydrogen-bond donors (Lipinski definition) is 2. The molecule has 2 aromatic carbocycles. The second kappa shape index (κ2) is 10.4. The van der Waals surface area contributed by atoms with Crippen LogP contribution in [0.3, 0.4) is 0 Å². The minimum absolute atomic E-state index is 0.0853. The van der Waals surface area contributed by atoms with Crippen molar-refractivity contribution >= 4 is 33.4 Å². The highest BCUT2D eigenvalue weighted by molar-refractivity contribution is 9.10. The molecular weight excluding hydrogens is 418 g/mol. The summed E-state index contributed by atoms with van der Waals surface area (Å²) in [7, 11) is 1.78. The lowest BCUT2D eigenvalue weighted by Crippen LogP contribution is -2.46. The van der Waals surface area contributed by atoms with Crippen molar-refractivity contribution in [3.8, 4) is 0 Å². The van der Waals surface area contributed by atoms with E-state index in [-0.39, 0.29) is 24.3 Å². The predicted molar refractivity (Wildman–Crippen MR) is 117 cm³/mol. The minimum atomic E-state index is -0.403. The highest BCUT2D eigenvalue weighted by atomic mass is 79.9. The third-order valence-electron chi connectivity index (χ3n) is 4.85. The zero-order valence-electron chi connectivity index (χ0n) is 16.8. The maximum Gasteiger partial charge on any atom is 0.238 e. The van der Waals surface area contributed by atoms with Gasteiger partial charge in [-0.2, -0.15) is 0 Å². The smallest absolute Gasteiger partial charge is 0.238 e. The van der Waals surface area contributed by atoms with Crippen LogP contribution in [0.15, 0.2) is 53.0 Å². The minimum Gasteiger partial charge on any atom is -0.354 e. The van der Waals surface area contributed by atoms with E-state index >= 15 is 0 Å². The molecular formula is C22H28BrN3O2. The molecule has 28 heavy (non-hydrogen) atoms. The van der Waals surface area contributed by atoms with Crippen LogP contribution in [-0.2, 0) is 9.59 Å². The summed E-state index contributed by atoms with van der Waals surface area (Å²) in [5.41, 5.74) is 2.94. The average molecular weight is 446 g/mol. The molecule has 0 radical (unpaired) electrons. The van der Waals surface area contributed by atoms with Crippen molar-refractivity contribution in [3.05, 3.63) is 64.1 Å². The fourth-order valence-electron chi connectivity index (χ4n) is 2.82. The molecule has 2 amide bonds. The van der Waals surface area contributed by atoms with Crippen LogP contribution in [0, 0.1) is 6.92 Å². The molecule has 0 heterocycles. The lowest BCUT2D eigenvalue weighted by molar-refractivity contribution is -0.126. The molecule has 0 fully saturated rings. The van der Waals surface area contributed by atoms with Crippen molar-refractivity contribution < 1.29 is 9.59 Å². The first-order valence-corrected chi connectivity index (χ1v) is 10.2. The topological polar surface area (TPSA) is 61.4 Å². The van der Waals surface area contributed by atoms with Gasteiger partial charge in [0.25, 0.3) is 0 Å². The molecule has 2 aromatic rings. The third-order valence-corrected chi connectivity index (χ3v) is 5.34. The number of amides is 2. The summed E-state index contributed by atoms with van der Waals surface area (Å²) in [6.45, 7) is 6.52. The van der Waals surface area contributed by atoms with Gasteiger partial charge in [0.15, 0.2) is 0 Å². The number of carbonyl (C=O) groups is 2. The maximum absolute atomic E-state index is 12.5. The SMILES string of the molecule is Cc1cc(Br)ccc1NC(=O)CN(C)C(C)C(=O)NCC(C)c1ccccc1. The average Bonchev–Trinajstić information content (AvgIpc) is 2.68. The Kier molecular flexibility index (Phi) is 8.20. The third kappa shape index (κ3) is 6.46. The van der Waals surface area contributed by atoms with E-state index in [1.807, 2.05) is 43.3 Å². The van der Waals surface area contributed by atoms with Crippen molar-refractivity contribution in [2.45, 2.75) is 32.7 Å². The molecule has 0 saturated carbocycles. The zero-order chi connectivity index (χ0) is 20.7. The van der Waals surface area contributed by atoms with E-state index in [2.05, 4.69) is 45.6 Å². The molecule has 0 aliphatic carbocycles. The predicted octanol–water partition coefficient (Wildman–Crippen LogP) is 3.94. The van der Waals surface area contributed by atoms with Crippen LogP contribution >= 0.6 is 15.9 Å².